The van der Waals surface area contributed by atoms with Gasteiger partial charge in [0, 0.05) is 0 Å². The highest BCUT2D eigenvalue weighted by Gasteiger charge is 2.29. The van der Waals surface area contributed by atoms with Crippen LogP contribution in [0.15, 0.2) is 0 Å². The van der Waals surface area contributed by atoms with E-state index in [1.807, 2.05) is 20.8 Å². The topological polar surface area (TPSA) is 98.3 Å². The van der Waals surface area contributed by atoms with E-state index in [2.05, 4.69) is 9.97 Å². The summed E-state index contributed by atoms with van der Waals surface area (Å²) >= 11 is 0. The Morgan fingerprint density at radius 3 is 2.31 bits per heavy atom. The average molecular weight is 225 g/mol. The van der Waals surface area contributed by atoms with Crippen molar-refractivity contribution in [3.05, 3.63) is 11.3 Å². The minimum atomic E-state index is -1.14. The highest BCUT2D eigenvalue weighted by Crippen LogP contribution is 2.32. The molecule has 88 valence electrons. The molecular formula is C10H15N3O3. The van der Waals surface area contributed by atoms with E-state index in [9.17, 15) is 4.79 Å². The molecule has 0 amide bonds. The number of anilines is 1. The molecule has 1 aromatic rings. The van der Waals surface area contributed by atoms with Gasteiger partial charge in [0.1, 0.15) is 0 Å². The van der Waals surface area contributed by atoms with E-state index in [4.69, 9.17) is 15.6 Å². The first-order valence-corrected chi connectivity index (χ1v) is 4.72. The van der Waals surface area contributed by atoms with Gasteiger partial charge in [0.15, 0.2) is 5.69 Å². The number of aromatic carboxylic acids is 1. The van der Waals surface area contributed by atoms with Crippen molar-refractivity contribution in [2.75, 3.05) is 12.8 Å². The fraction of sp³-hybridized carbons (Fsp3) is 0.500. The first kappa shape index (κ1) is 12.2. The molecule has 0 spiro atoms. The molecule has 16 heavy (non-hydrogen) atoms. The number of nitrogen functional groups attached to an aromatic ring is 1. The van der Waals surface area contributed by atoms with Gasteiger partial charge in [-0.3, -0.25) is 0 Å². The van der Waals surface area contributed by atoms with Crippen LogP contribution in [-0.2, 0) is 5.41 Å². The summed E-state index contributed by atoms with van der Waals surface area (Å²) in [6.45, 7) is 5.57. The number of nitrogens with two attached hydrogens (primary N) is 1. The number of carboxylic acids is 1. The van der Waals surface area contributed by atoms with Crippen molar-refractivity contribution < 1.29 is 14.6 Å². The summed E-state index contributed by atoms with van der Waals surface area (Å²) in [6.07, 6.45) is 0. The third kappa shape index (κ3) is 2.21. The zero-order valence-electron chi connectivity index (χ0n) is 9.74. The van der Waals surface area contributed by atoms with Crippen LogP contribution in [0.1, 0.15) is 36.8 Å². The van der Waals surface area contributed by atoms with Crippen molar-refractivity contribution in [2.24, 2.45) is 0 Å². The Morgan fingerprint density at radius 2 is 1.94 bits per heavy atom. The van der Waals surface area contributed by atoms with Gasteiger partial charge >= 0.3 is 5.97 Å². The molecular weight excluding hydrogens is 210 g/mol. The van der Waals surface area contributed by atoms with Crippen molar-refractivity contribution in [1.29, 1.82) is 0 Å². The molecule has 0 atom stereocenters. The summed E-state index contributed by atoms with van der Waals surface area (Å²) < 4.78 is 5.05. The maximum atomic E-state index is 11.1. The molecule has 0 aliphatic heterocycles. The van der Waals surface area contributed by atoms with E-state index in [0.29, 0.717) is 5.56 Å². The second kappa shape index (κ2) is 3.96. The van der Waals surface area contributed by atoms with Gasteiger partial charge in [-0.05, 0) is 5.41 Å². The lowest BCUT2D eigenvalue weighted by Crippen LogP contribution is -2.21. The van der Waals surface area contributed by atoms with Crippen LogP contribution in [0, 0.1) is 0 Å². The van der Waals surface area contributed by atoms with Gasteiger partial charge in [-0.2, -0.15) is 4.98 Å². The minimum absolute atomic E-state index is 0.109. The maximum Gasteiger partial charge on any atom is 0.355 e. The molecule has 0 aliphatic carbocycles. The highest BCUT2D eigenvalue weighted by atomic mass is 16.5. The van der Waals surface area contributed by atoms with E-state index in [1.165, 1.54) is 7.11 Å². The molecule has 0 saturated heterocycles. The molecule has 0 saturated carbocycles. The fourth-order valence-corrected chi connectivity index (χ4v) is 1.44. The summed E-state index contributed by atoms with van der Waals surface area (Å²) in [4.78, 5) is 18.7. The molecule has 0 bridgehead atoms. The lowest BCUT2D eigenvalue weighted by Gasteiger charge is -2.22. The van der Waals surface area contributed by atoms with Crippen molar-refractivity contribution in [1.82, 2.24) is 9.97 Å². The molecule has 0 radical (unpaired) electrons. The summed E-state index contributed by atoms with van der Waals surface area (Å²) in [5.41, 5.74) is 5.31. The largest absolute Gasteiger partial charge is 0.481 e. The number of hydrogen-bond acceptors (Lipinski definition) is 5. The zero-order valence-corrected chi connectivity index (χ0v) is 9.74. The molecule has 1 heterocycles. The van der Waals surface area contributed by atoms with E-state index in [0.717, 1.165) is 0 Å². The zero-order chi connectivity index (χ0) is 12.5. The van der Waals surface area contributed by atoms with Crippen LogP contribution in [0.25, 0.3) is 0 Å². The standard InChI is InChI=1S/C10H15N3O3/c1-10(2,3)5-6(8(14)15)12-9(11)13-7(5)16-4/h1-4H3,(H,14,15)(H2,11,12,13). The Hall–Kier alpha value is -1.85. The molecule has 3 N–H and O–H groups in total. The second-order valence-electron chi connectivity index (χ2n) is 4.37. The van der Waals surface area contributed by atoms with E-state index in [1.54, 1.807) is 0 Å². The Labute approximate surface area is 93.5 Å². The molecule has 0 fully saturated rings. The maximum absolute atomic E-state index is 11.1. The third-order valence-electron chi connectivity index (χ3n) is 2.04. The monoisotopic (exact) mass is 225 g/mol. The van der Waals surface area contributed by atoms with Gasteiger partial charge < -0.3 is 15.6 Å². The Kier molecular flexibility index (Phi) is 3.02. The van der Waals surface area contributed by atoms with Crippen LogP contribution in [-0.4, -0.2) is 28.2 Å². The number of hydrogen-bond donors (Lipinski definition) is 2. The number of aromatic nitrogens is 2. The van der Waals surface area contributed by atoms with Gasteiger partial charge in [-0.25, -0.2) is 9.78 Å². The SMILES string of the molecule is COc1nc(N)nc(C(=O)O)c1C(C)(C)C. The van der Waals surface area contributed by atoms with Crippen LogP contribution >= 0.6 is 0 Å². The first-order valence-electron chi connectivity index (χ1n) is 4.72. The molecule has 0 aliphatic rings. The summed E-state index contributed by atoms with van der Waals surface area (Å²) in [5.74, 6) is -1.04. The number of carboxylic acid groups (broad SMARTS) is 1. The van der Waals surface area contributed by atoms with Crippen molar-refractivity contribution in [3.8, 4) is 5.88 Å². The van der Waals surface area contributed by atoms with Gasteiger partial charge in [-0.1, -0.05) is 20.8 Å². The Bertz CT molecular complexity index is 424. The second-order valence-corrected chi connectivity index (χ2v) is 4.37. The van der Waals surface area contributed by atoms with E-state index in [-0.39, 0.29) is 17.5 Å². The smallest absolute Gasteiger partial charge is 0.355 e. The van der Waals surface area contributed by atoms with Crippen molar-refractivity contribution in [3.63, 3.8) is 0 Å². The lowest BCUT2D eigenvalue weighted by atomic mass is 9.86. The predicted octanol–water partition coefficient (Wildman–Crippen LogP) is 1.06. The minimum Gasteiger partial charge on any atom is -0.481 e. The van der Waals surface area contributed by atoms with Crippen molar-refractivity contribution >= 4 is 11.9 Å². The average Bonchev–Trinajstić information content (AvgIpc) is 2.14. The predicted molar refractivity (Wildman–Crippen MR) is 58.7 cm³/mol. The van der Waals surface area contributed by atoms with E-state index < -0.39 is 11.4 Å². The van der Waals surface area contributed by atoms with Gasteiger partial charge in [-0.15, -0.1) is 0 Å². The number of methoxy groups -OCH3 is 1. The van der Waals surface area contributed by atoms with Crippen LogP contribution in [0.2, 0.25) is 0 Å². The van der Waals surface area contributed by atoms with Crippen LogP contribution in [0.5, 0.6) is 5.88 Å². The number of ether oxygens (including phenoxy) is 1. The molecule has 6 nitrogen and oxygen atoms in total. The Morgan fingerprint density at radius 1 is 1.38 bits per heavy atom. The summed E-state index contributed by atoms with van der Waals surface area (Å²) in [7, 11) is 1.42. The van der Waals surface area contributed by atoms with Crippen LogP contribution in [0.3, 0.4) is 0 Å². The summed E-state index contributed by atoms with van der Waals surface area (Å²) in [5, 5.41) is 9.07. The highest BCUT2D eigenvalue weighted by molar-refractivity contribution is 5.88. The third-order valence-corrected chi connectivity index (χ3v) is 2.04. The lowest BCUT2D eigenvalue weighted by molar-refractivity contribution is 0.0686. The fourth-order valence-electron chi connectivity index (χ4n) is 1.44. The molecule has 0 unspecified atom stereocenters. The molecule has 6 heteroatoms. The number of nitrogens with zero attached hydrogens (tertiary/aromatic N) is 2. The molecule has 0 aromatic carbocycles. The molecule has 1 rings (SSSR count). The first-order chi connectivity index (χ1) is 7.27. The Balaban J connectivity index is 3.58. The van der Waals surface area contributed by atoms with Crippen molar-refractivity contribution in [2.45, 2.75) is 26.2 Å². The van der Waals surface area contributed by atoms with E-state index >= 15 is 0 Å². The van der Waals surface area contributed by atoms with Crippen LogP contribution in [0.4, 0.5) is 5.95 Å². The molecule has 1 aromatic heterocycles. The number of carbonyl (C=O) groups is 1. The van der Waals surface area contributed by atoms with Gasteiger partial charge in [0.25, 0.3) is 0 Å². The normalized spacial score (nSPS) is 11.2. The summed E-state index contributed by atoms with van der Waals surface area (Å²) in [6, 6.07) is 0. The quantitative estimate of drug-likeness (QED) is 0.781. The van der Waals surface area contributed by atoms with Gasteiger partial charge in [0.05, 0.1) is 12.7 Å². The van der Waals surface area contributed by atoms with Gasteiger partial charge in [0.2, 0.25) is 11.8 Å². The van der Waals surface area contributed by atoms with Crippen LogP contribution < -0.4 is 10.5 Å². The number of rotatable bonds is 2.